The average molecular weight is 407 g/mol. The van der Waals surface area contributed by atoms with Crippen molar-refractivity contribution in [3.8, 4) is 11.5 Å². The van der Waals surface area contributed by atoms with E-state index in [9.17, 15) is 18.5 Å². The first-order valence-corrected chi connectivity index (χ1v) is 9.94. The van der Waals surface area contributed by atoms with Crippen LogP contribution in [0, 0.1) is 10.1 Å². The van der Waals surface area contributed by atoms with Gasteiger partial charge in [0.25, 0.3) is 10.0 Å². The first-order valence-electron chi connectivity index (χ1n) is 8.45. The molecule has 0 aliphatic carbocycles. The topological polar surface area (TPSA) is 120 Å². The summed E-state index contributed by atoms with van der Waals surface area (Å²) in [5.74, 6) is 0.688. The minimum Gasteiger partial charge on any atom is -0.491 e. The predicted molar refractivity (Wildman–Crippen MR) is 104 cm³/mol. The van der Waals surface area contributed by atoms with E-state index in [1.54, 1.807) is 19.1 Å². The van der Waals surface area contributed by atoms with Gasteiger partial charge in [0.2, 0.25) is 0 Å². The van der Waals surface area contributed by atoms with E-state index in [2.05, 4.69) is 9.93 Å². The number of nitro groups is 1. The van der Waals surface area contributed by atoms with Crippen LogP contribution in [0.3, 0.4) is 0 Å². The van der Waals surface area contributed by atoms with Gasteiger partial charge in [-0.15, -0.1) is 0 Å². The zero-order valence-corrected chi connectivity index (χ0v) is 16.5. The van der Waals surface area contributed by atoms with Crippen molar-refractivity contribution in [1.82, 2.24) is 4.83 Å². The molecule has 0 saturated carbocycles. The summed E-state index contributed by atoms with van der Waals surface area (Å²) in [6, 6.07) is 10.1. The van der Waals surface area contributed by atoms with Gasteiger partial charge in [-0.05, 0) is 57.2 Å². The SMILES string of the molecule is CCOc1ccc(/C=N/NS(=O)(=O)c2ccc(OC(C)C)cc2)cc1[N+](=O)[O-]. The molecule has 2 aromatic rings. The molecule has 0 spiro atoms. The highest BCUT2D eigenvalue weighted by Crippen LogP contribution is 2.27. The number of ether oxygens (including phenoxy) is 2. The number of nitro benzene ring substituents is 1. The Labute approximate surface area is 163 Å². The van der Waals surface area contributed by atoms with Crippen LogP contribution in [0.25, 0.3) is 0 Å². The molecule has 0 heterocycles. The van der Waals surface area contributed by atoms with E-state index in [0.29, 0.717) is 11.3 Å². The van der Waals surface area contributed by atoms with Gasteiger partial charge in [0.1, 0.15) is 5.75 Å². The molecule has 0 radical (unpaired) electrons. The van der Waals surface area contributed by atoms with Gasteiger partial charge in [-0.2, -0.15) is 13.5 Å². The van der Waals surface area contributed by atoms with Gasteiger partial charge in [0, 0.05) is 11.6 Å². The molecule has 28 heavy (non-hydrogen) atoms. The standard InChI is InChI=1S/C18H21N3O6S/c1-4-26-18-10-5-14(11-17(18)21(22)23)12-19-20-28(24,25)16-8-6-15(7-9-16)27-13(2)3/h5-13,20H,4H2,1-3H3/b19-12+. The van der Waals surface area contributed by atoms with Crippen LogP contribution in [0.5, 0.6) is 11.5 Å². The third kappa shape index (κ3) is 5.68. The summed E-state index contributed by atoms with van der Waals surface area (Å²) >= 11 is 0. The van der Waals surface area contributed by atoms with Crippen LogP contribution in [0.1, 0.15) is 26.3 Å². The molecule has 0 aliphatic rings. The quantitative estimate of drug-likeness (QED) is 0.387. The van der Waals surface area contributed by atoms with Crippen LogP contribution in [0.4, 0.5) is 5.69 Å². The maximum Gasteiger partial charge on any atom is 0.311 e. The smallest absolute Gasteiger partial charge is 0.311 e. The number of benzene rings is 2. The number of nitrogens with zero attached hydrogens (tertiary/aromatic N) is 2. The second kappa shape index (κ2) is 9.18. The average Bonchev–Trinajstić information content (AvgIpc) is 2.62. The number of hydrogen-bond donors (Lipinski definition) is 1. The van der Waals surface area contributed by atoms with Crippen molar-refractivity contribution in [3.63, 3.8) is 0 Å². The Balaban J connectivity index is 2.12. The van der Waals surface area contributed by atoms with E-state index in [-0.39, 0.29) is 29.0 Å². The van der Waals surface area contributed by atoms with E-state index in [1.807, 2.05) is 13.8 Å². The summed E-state index contributed by atoms with van der Waals surface area (Å²) in [5, 5.41) is 14.8. The molecule has 1 N–H and O–H groups in total. The van der Waals surface area contributed by atoms with Crippen molar-refractivity contribution in [2.24, 2.45) is 5.10 Å². The molecule has 0 unspecified atom stereocenters. The Morgan fingerprint density at radius 1 is 1.21 bits per heavy atom. The number of rotatable bonds is 9. The molecule has 150 valence electrons. The fraction of sp³-hybridized carbons (Fsp3) is 0.278. The summed E-state index contributed by atoms with van der Waals surface area (Å²) in [6.07, 6.45) is 1.15. The molecular weight excluding hydrogens is 386 g/mol. The summed E-state index contributed by atoms with van der Waals surface area (Å²) < 4.78 is 35.2. The molecule has 9 nitrogen and oxygen atoms in total. The van der Waals surface area contributed by atoms with Crippen LogP contribution in [-0.4, -0.2) is 32.3 Å². The molecule has 0 saturated heterocycles. The third-order valence-corrected chi connectivity index (χ3v) is 4.61. The number of hydrazone groups is 1. The largest absolute Gasteiger partial charge is 0.491 e. The summed E-state index contributed by atoms with van der Waals surface area (Å²) in [4.78, 5) is 12.6. The highest BCUT2D eigenvalue weighted by molar-refractivity contribution is 7.89. The van der Waals surface area contributed by atoms with E-state index in [1.165, 1.54) is 36.5 Å². The highest BCUT2D eigenvalue weighted by atomic mass is 32.2. The van der Waals surface area contributed by atoms with Crippen molar-refractivity contribution < 1.29 is 22.8 Å². The molecule has 2 rings (SSSR count). The lowest BCUT2D eigenvalue weighted by Gasteiger charge is -2.10. The number of nitrogens with one attached hydrogen (secondary N) is 1. The Kier molecular flexibility index (Phi) is 6.94. The van der Waals surface area contributed by atoms with E-state index in [0.717, 1.165) is 0 Å². The first-order chi connectivity index (χ1) is 13.2. The third-order valence-electron chi connectivity index (χ3n) is 3.37. The van der Waals surface area contributed by atoms with Crippen LogP contribution in [-0.2, 0) is 10.0 Å². The van der Waals surface area contributed by atoms with Gasteiger partial charge in [0.05, 0.1) is 28.7 Å². The molecular formula is C18H21N3O6S. The molecule has 0 aliphatic heterocycles. The Morgan fingerprint density at radius 2 is 1.89 bits per heavy atom. The van der Waals surface area contributed by atoms with E-state index >= 15 is 0 Å². The van der Waals surface area contributed by atoms with Gasteiger partial charge in [-0.3, -0.25) is 10.1 Å². The van der Waals surface area contributed by atoms with E-state index in [4.69, 9.17) is 9.47 Å². The fourth-order valence-electron chi connectivity index (χ4n) is 2.23. The fourth-order valence-corrected chi connectivity index (χ4v) is 3.02. The molecule has 0 fully saturated rings. The van der Waals surface area contributed by atoms with Crippen LogP contribution >= 0.6 is 0 Å². The molecule has 10 heteroatoms. The number of hydrogen-bond acceptors (Lipinski definition) is 7. The normalized spacial score (nSPS) is 11.6. The molecule has 0 amide bonds. The minimum absolute atomic E-state index is 0.0124. The maximum absolute atomic E-state index is 12.3. The Morgan fingerprint density at radius 3 is 2.46 bits per heavy atom. The minimum atomic E-state index is -3.88. The Hall–Kier alpha value is -3.14. The van der Waals surface area contributed by atoms with Crippen LogP contribution < -0.4 is 14.3 Å². The van der Waals surface area contributed by atoms with Gasteiger partial charge in [0.15, 0.2) is 5.75 Å². The van der Waals surface area contributed by atoms with Gasteiger partial charge >= 0.3 is 5.69 Å². The second-order valence-corrected chi connectivity index (χ2v) is 7.57. The van der Waals surface area contributed by atoms with Crippen LogP contribution in [0.15, 0.2) is 52.5 Å². The monoisotopic (exact) mass is 407 g/mol. The van der Waals surface area contributed by atoms with Gasteiger partial charge in [-0.25, -0.2) is 4.83 Å². The van der Waals surface area contributed by atoms with E-state index < -0.39 is 14.9 Å². The van der Waals surface area contributed by atoms with Crippen LogP contribution in [0.2, 0.25) is 0 Å². The molecule has 2 aromatic carbocycles. The van der Waals surface area contributed by atoms with Gasteiger partial charge < -0.3 is 9.47 Å². The lowest BCUT2D eigenvalue weighted by Crippen LogP contribution is -2.18. The zero-order chi connectivity index (χ0) is 20.7. The second-order valence-electron chi connectivity index (χ2n) is 5.91. The lowest BCUT2D eigenvalue weighted by atomic mass is 10.2. The maximum atomic E-state index is 12.3. The van der Waals surface area contributed by atoms with Crippen molar-refractivity contribution in [1.29, 1.82) is 0 Å². The molecule has 0 bridgehead atoms. The summed E-state index contributed by atoms with van der Waals surface area (Å²) in [6.45, 7) is 5.74. The summed E-state index contributed by atoms with van der Waals surface area (Å²) in [7, 11) is -3.88. The van der Waals surface area contributed by atoms with Crippen molar-refractivity contribution in [2.45, 2.75) is 31.8 Å². The zero-order valence-electron chi connectivity index (χ0n) is 15.7. The highest BCUT2D eigenvalue weighted by Gasteiger charge is 2.16. The molecule has 0 atom stereocenters. The number of sulfonamides is 1. The lowest BCUT2D eigenvalue weighted by molar-refractivity contribution is -0.385. The van der Waals surface area contributed by atoms with Gasteiger partial charge in [-0.1, -0.05) is 0 Å². The molecule has 0 aromatic heterocycles. The predicted octanol–water partition coefficient (Wildman–Crippen LogP) is 3.09. The van der Waals surface area contributed by atoms with Crippen molar-refractivity contribution >= 4 is 21.9 Å². The van der Waals surface area contributed by atoms with Crippen molar-refractivity contribution in [3.05, 3.63) is 58.1 Å². The Bertz CT molecular complexity index is 956. The first kappa shape index (κ1) is 21.2. The summed E-state index contributed by atoms with van der Waals surface area (Å²) in [5.41, 5.74) is 0.118. The van der Waals surface area contributed by atoms with Crippen molar-refractivity contribution in [2.75, 3.05) is 6.61 Å².